The lowest BCUT2D eigenvalue weighted by Gasteiger charge is -2.22. The van der Waals surface area contributed by atoms with Crippen LogP contribution in [0.25, 0.3) is 11.1 Å². The summed E-state index contributed by atoms with van der Waals surface area (Å²) in [6, 6.07) is 14.4. The number of aryl methyl sites for hydroxylation is 1. The molecule has 0 spiro atoms. The summed E-state index contributed by atoms with van der Waals surface area (Å²) < 4.78 is 10.8. The van der Waals surface area contributed by atoms with E-state index in [9.17, 15) is 5.26 Å². The van der Waals surface area contributed by atoms with E-state index in [1.807, 2.05) is 18.2 Å². The molecular formula is C24H23N3O2. The van der Waals surface area contributed by atoms with Gasteiger partial charge in [-0.25, -0.2) is 0 Å². The number of hydrogen-bond acceptors (Lipinski definition) is 5. The van der Waals surface area contributed by atoms with E-state index in [0.717, 1.165) is 35.3 Å². The van der Waals surface area contributed by atoms with E-state index in [1.165, 1.54) is 24.0 Å². The maximum atomic E-state index is 9.71. The molecule has 0 fully saturated rings. The first-order valence-corrected chi connectivity index (χ1v) is 9.73. The van der Waals surface area contributed by atoms with Gasteiger partial charge in [0.05, 0.1) is 25.5 Å². The van der Waals surface area contributed by atoms with Gasteiger partial charge in [-0.3, -0.25) is 4.98 Å². The zero-order chi connectivity index (χ0) is 20.2. The van der Waals surface area contributed by atoms with Crippen LogP contribution in [0.2, 0.25) is 0 Å². The molecule has 2 aromatic carbocycles. The van der Waals surface area contributed by atoms with Gasteiger partial charge in [-0.05, 0) is 60.6 Å². The number of nitrogens with one attached hydrogen (secondary N) is 1. The van der Waals surface area contributed by atoms with Crippen LogP contribution in [0.4, 0.5) is 11.4 Å². The summed E-state index contributed by atoms with van der Waals surface area (Å²) in [7, 11) is 3.22. The predicted molar refractivity (Wildman–Crippen MR) is 114 cm³/mol. The number of pyridine rings is 1. The van der Waals surface area contributed by atoms with Crippen LogP contribution in [-0.2, 0) is 12.8 Å². The number of anilines is 2. The van der Waals surface area contributed by atoms with E-state index in [2.05, 4.69) is 34.6 Å². The number of hydrogen-bond donors (Lipinski definition) is 1. The zero-order valence-electron chi connectivity index (χ0n) is 16.7. The summed E-state index contributed by atoms with van der Waals surface area (Å²) in [6.45, 7) is 0. The average Bonchev–Trinajstić information content (AvgIpc) is 2.79. The number of benzene rings is 2. The van der Waals surface area contributed by atoms with Crippen molar-refractivity contribution in [1.82, 2.24) is 4.98 Å². The Bertz CT molecular complexity index is 1090. The van der Waals surface area contributed by atoms with Gasteiger partial charge < -0.3 is 14.8 Å². The number of nitriles is 1. The first-order chi connectivity index (χ1) is 14.2. The highest BCUT2D eigenvalue weighted by atomic mass is 16.5. The van der Waals surface area contributed by atoms with Gasteiger partial charge >= 0.3 is 0 Å². The SMILES string of the molecule is COc1ccc(-c2cncc(C#N)c2Nc2cccc3c2CCCC3)cc1OC. The zero-order valence-corrected chi connectivity index (χ0v) is 16.7. The molecule has 0 aliphatic heterocycles. The Balaban J connectivity index is 1.82. The highest BCUT2D eigenvalue weighted by molar-refractivity contribution is 5.85. The van der Waals surface area contributed by atoms with E-state index in [1.54, 1.807) is 26.6 Å². The van der Waals surface area contributed by atoms with Crippen molar-refractivity contribution in [1.29, 1.82) is 5.26 Å². The van der Waals surface area contributed by atoms with Crippen molar-refractivity contribution < 1.29 is 9.47 Å². The molecular weight excluding hydrogens is 362 g/mol. The molecule has 0 saturated heterocycles. The van der Waals surface area contributed by atoms with Crippen LogP contribution >= 0.6 is 0 Å². The third-order valence-corrected chi connectivity index (χ3v) is 5.42. The number of methoxy groups -OCH3 is 2. The summed E-state index contributed by atoms with van der Waals surface area (Å²) in [5.74, 6) is 1.29. The normalized spacial score (nSPS) is 12.6. The van der Waals surface area contributed by atoms with Gasteiger partial charge in [0.2, 0.25) is 0 Å². The fourth-order valence-electron chi connectivity index (χ4n) is 3.94. The molecule has 0 bridgehead atoms. The maximum absolute atomic E-state index is 9.71. The second-order valence-corrected chi connectivity index (χ2v) is 7.07. The molecule has 1 aliphatic rings. The Morgan fingerprint density at radius 2 is 1.83 bits per heavy atom. The van der Waals surface area contributed by atoms with Crippen molar-refractivity contribution >= 4 is 11.4 Å². The third kappa shape index (κ3) is 3.62. The van der Waals surface area contributed by atoms with Gasteiger partial charge in [0.25, 0.3) is 0 Å². The molecule has 5 heteroatoms. The summed E-state index contributed by atoms with van der Waals surface area (Å²) in [4.78, 5) is 4.29. The largest absolute Gasteiger partial charge is 0.493 e. The maximum Gasteiger partial charge on any atom is 0.161 e. The molecule has 1 heterocycles. The minimum Gasteiger partial charge on any atom is -0.493 e. The lowest BCUT2D eigenvalue weighted by molar-refractivity contribution is 0.355. The Morgan fingerprint density at radius 3 is 2.62 bits per heavy atom. The van der Waals surface area contributed by atoms with Gasteiger partial charge in [0.15, 0.2) is 11.5 Å². The van der Waals surface area contributed by atoms with E-state index in [4.69, 9.17) is 9.47 Å². The number of fused-ring (bicyclic) bond motifs is 1. The van der Waals surface area contributed by atoms with Crippen LogP contribution in [0.15, 0.2) is 48.8 Å². The molecule has 5 nitrogen and oxygen atoms in total. The topological polar surface area (TPSA) is 67.2 Å². The highest BCUT2D eigenvalue weighted by Gasteiger charge is 2.17. The van der Waals surface area contributed by atoms with Gasteiger partial charge in [0, 0.05) is 23.6 Å². The molecule has 1 aliphatic carbocycles. The van der Waals surface area contributed by atoms with Crippen molar-refractivity contribution in [2.75, 3.05) is 19.5 Å². The van der Waals surface area contributed by atoms with Crippen molar-refractivity contribution in [2.24, 2.45) is 0 Å². The summed E-state index contributed by atoms with van der Waals surface area (Å²) in [6.07, 6.45) is 7.95. The quantitative estimate of drug-likeness (QED) is 0.649. The molecule has 0 unspecified atom stereocenters. The highest BCUT2D eigenvalue weighted by Crippen LogP contribution is 2.38. The number of aromatic nitrogens is 1. The fourth-order valence-corrected chi connectivity index (χ4v) is 3.94. The molecule has 4 rings (SSSR count). The van der Waals surface area contributed by atoms with Crippen LogP contribution in [0, 0.1) is 11.3 Å². The lowest BCUT2D eigenvalue weighted by Crippen LogP contribution is -2.07. The van der Waals surface area contributed by atoms with Crippen molar-refractivity contribution in [3.05, 3.63) is 65.5 Å². The third-order valence-electron chi connectivity index (χ3n) is 5.42. The molecule has 0 atom stereocenters. The lowest BCUT2D eigenvalue weighted by atomic mass is 9.90. The Hall–Kier alpha value is -3.52. The summed E-state index contributed by atoms with van der Waals surface area (Å²) in [5.41, 5.74) is 6.81. The van der Waals surface area contributed by atoms with Gasteiger partial charge in [0.1, 0.15) is 6.07 Å². The standard InChI is InChI=1S/C24H23N3O2/c1-28-22-11-10-17(12-23(22)29-2)20-15-26-14-18(13-25)24(20)27-21-9-5-7-16-6-3-4-8-19(16)21/h5,7,9-12,14-15H,3-4,6,8H2,1-2H3,(H,26,27). The van der Waals surface area contributed by atoms with E-state index in [-0.39, 0.29) is 0 Å². The van der Waals surface area contributed by atoms with Crippen molar-refractivity contribution in [2.45, 2.75) is 25.7 Å². The molecule has 0 saturated carbocycles. The monoisotopic (exact) mass is 385 g/mol. The van der Waals surface area contributed by atoms with Crippen LogP contribution in [0.5, 0.6) is 11.5 Å². The van der Waals surface area contributed by atoms with Crippen LogP contribution < -0.4 is 14.8 Å². The predicted octanol–water partition coefficient (Wildman–Crippen LogP) is 5.26. The second kappa shape index (κ2) is 8.24. The smallest absolute Gasteiger partial charge is 0.161 e. The summed E-state index contributed by atoms with van der Waals surface area (Å²) >= 11 is 0. The second-order valence-electron chi connectivity index (χ2n) is 7.07. The molecule has 1 aromatic heterocycles. The minimum absolute atomic E-state index is 0.505. The Labute approximate surface area is 170 Å². The van der Waals surface area contributed by atoms with Gasteiger partial charge in [-0.2, -0.15) is 5.26 Å². The molecule has 1 N–H and O–H groups in total. The van der Waals surface area contributed by atoms with Crippen molar-refractivity contribution in [3.8, 4) is 28.7 Å². The van der Waals surface area contributed by atoms with Crippen LogP contribution in [-0.4, -0.2) is 19.2 Å². The first-order valence-electron chi connectivity index (χ1n) is 9.73. The molecule has 29 heavy (non-hydrogen) atoms. The number of nitrogens with zero attached hydrogens (tertiary/aromatic N) is 2. The average molecular weight is 385 g/mol. The van der Waals surface area contributed by atoms with Crippen LogP contribution in [0.1, 0.15) is 29.5 Å². The van der Waals surface area contributed by atoms with E-state index < -0.39 is 0 Å². The molecule has 0 amide bonds. The molecule has 0 radical (unpaired) electrons. The first kappa shape index (κ1) is 18.8. The van der Waals surface area contributed by atoms with Crippen LogP contribution in [0.3, 0.4) is 0 Å². The fraction of sp³-hybridized carbons (Fsp3) is 0.250. The van der Waals surface area contributed by atoms with Crippen molar-refractivity contribution in [3.63, 3.8) is 0 Å². The Kier molecular flexibility index (Phi) is 5.35. The van der Waals surface area contributed by atoms with Gasteiger partial charge in [-0.15, -0.1) is 0 Å². The Morgan fingerprint density at radius 1 is 1.00 bits per heavy atom. The minimum atomic E-state index is 0.505. The van der Waals surface area contributed by atoms with Gasteiger partial charge in [-0.1, -0.05) is 18.2 Å². The number of ether oxygens (including phenoxy) is 2. The van der Waals surface area contributed by atoms with E-state index in [0.29, 0.717) is 17.1 Å². The summed E-state index contributed by atoms with van der Waals surface area (Å²) in [5, 5.41) is 13.3. The molecule has 3 aromatic rings. The number of rotatable bonds is 5. The van der Waals surface area contributed by atoms with E-state index >= 15 is 0 Å². The molecule has 146 valence electrons.